The van der Waals surface area contributed by atoms with Gasteiger partial charge in [0.05, 0.1) is 17.5 Å². The molecule has 0 radical (unpaired) electrons. The first-order valence-corrected chi connectivity index (χ1v) is 7.83. The Balaban J connectivity index is 1.77. The molecule has 136 valence electrons. The van der Waals surface area contributed by atoms with Crippen LogP contribution >= 0.6 is 0 Å². The standard InChI is InChI=1S/C15H18F3N5O2/c16-15(17,18)10-1-2-11-21-22-12(23(11)8-10)7-20-13(24)14(9-19)3-5-25-6-4-14/h1-2,8H,3-7,9,19H2,(H,20,24). The maximum Gasteiger partial charge on any atom is 0.417 e. The van der Waals surface area contributed by atoms with E-state index in [4.69, 9.17) is 10.5 Å². The zero-order valence-corrected chi connectivity index (χ0v) is 13.3. The van der Waals surface area contributed by atoms with Crippen LogP contribution in [0.3, 0.4) is 0 Å². The number of rotatable bonds is 4. The second-order valence-corrected chi connectivity index (χ2v) is 6.04. The van der Waals surface area contributed by atoms with Gasteiger partial charge in [-0.3, -0.25) is 9.20 Å². The number of hydrogen-bond donors (Lipinski definition) is 2. The van der Waals surface area contributed by atoms with Gasteiger partial charge in [-0.05, 0) is 25.0 Å². The van der Waals surface area contributed by atoms with Crippen LogP contribution in [0.1, 0.15) is 24.2 Å². The lowest BCUT2D eigenvalue weighted by Crippen LogP contribution is -2.49. The molecule has 3 rings (SSSR count). The highest BCUT2D eigenvalue weighted by Gasteiger charge is 2.38. The summed E-state index contributed by atoms with van der Waals surface area (Å²) in [6.07, 6.45) is -2.53. The van der Waals surface area contributed by atoms with Crippen molar-refractivity contribution in [2.75, 3.05) is 19.8 Å². The van der Waals surface area contributed by atoms with E-state index in [1.165, 1.54) is 10.5 Å². The van der Waals surface area contributed by atoms with Gasteiger partial charge in [-0.15, -0.1) is 10.2 Å². The molecule has 2 aromatic heterocycles. The number of hydrogen-bond acceptors (Lipinski definition) is 5. The Kier molecular flexibility index (Phi) is 4.65. The van der Waals surface area contributed by atoms with Crippen LogP contribution in [0, 0.1) is 5.41 Å². The number of carbonyl (C=O) groups is 1. The summed E-state index contributed by atoms with van der Waals surface area (Å²) in [5.74, 6) is -0.0318. The number of amides is 1. The normalized spacial score (nSPS) is 17.6. The van der Waals surface area contributed by atoms with E-state index in [0.717, 1.165) is 12.3 Å². The van der Waals surface area contributed by atoms with Gasteiger partial charge in [0.25, 0.3) is 0 Å². The number of ether oxygens (including phenoxy) is 1. The minimum atomic E-state index is -4.47. The van der Waals surface area contributed by atoms with Crippen LogP contribution in [0.25, 0.3) is 5.65 Å². The first-order chi connectivity index (χ1) is 11.9. The van der Waals surface area contributed by atoms with Crippen molar-refractivity contribution in [2.45, 2.75) is 25.6 Å². The van der Waals surface area contributed by atoms with Gasteiger partial charge in [-0.2, -0.15) is 13.2 Å². The van der Waals surface area contributed by atoms with Crippen LogP contribution in [0.15, 0.2) is 18.3 Å². The minimum Gasteiger partial charge on any atom is -0.381 e. The van der Waals surface area contributed by atoms with Crippen LogP contribution in [-0.2, 0) is 22.3 Å². The van der Waals surface area contributed by atoms with Crippen LogP contribution in [0.2, 0.25) is 0 Å². The van der Waals surface area contributed by atoms with E-state index in [9.17, 15) is 18.0 Å². The van der Waals surface area contributed by atoms with Crippen molar-refractivity contribution in [3.63, 3.8) is 0 Å². The summed E-state index contributed by atoms with van der Waals surface area (Å²) in [7, 11) is 0. The molecular weight excluding hydrogens is 339 g/mol. The van der Waals surface area contributed by atoms with E-state index in [0.29, 0.717) is 26.1 Å². The fourth-order valence-corrected chi connectivity index (χ4v) is 2.86. The van der Waals surface area contributed by atoms with E-state index in [1.54, 1.807) is 0 Å². The van der Waals surface area contributed by atoms with Gasteiger partial charge < -0.3 is 15.8 Å². The smallest absolute Gasteiger partial charge is 0.381 e. The quantitative estimate of drug-likeness (QED) is 0.855. The minimum absolute atomic E-state index is 0.0378. The fourth-order valence-electron chi connectivity index (χ4n) is 2.86. The molecule has 2 aromatic rings. The number of halogens is 3. The van der Waals surface area contributed by atoms with Crippen molar-refractivity contribution in [3.05, 3.63) is 29.7 Å². The van der Waals surface area contributed by atoms with Gasteiger partial charge in [0, 0.05) is 26.0 Å². The largest absolute Gasteiger partial charge is 0.417 e. The van der Waals surface area contributed by atoms with Gasteiger partial charge in [0.1, 0.15) is 0 Å². The molecule has 0 aliphatic carbocycles. The van der Waals surface area contributed by atoms with Crippen molar-refractivity contribution in [2.24, 2.45) is 11.1 Å². The first kappa shape index (κ1) is 17.6. The second-order valence-electron chi connectivity index (χ2n) is 6.04. The molecule has 0 bridgehead atoms. The van der Waals surface area contributed by atoms with Crippen LogP contribution < -0.4 is 11.1 Å². The maximum atomic E-state index is 12.9. The van der Waals surface area contributed by atoms with Crippen LogP contribution in [0.4, 0.5) is 13.2 Å². The summed E-state index contributed by atoms with van der Waals surface area (Å²) in [6.45, 7) is 1.05. The van der Waals surface area contributed by atoms with Gasteiger partial charge in [-0.25, -0.2) is 0 Å². The molecule has 3 N–H and O–H groups in total. The molecule has 1 amide bonds. The lowest BCUT2D eigenvalue weighted by atomic mass is 9.79. The molecule has 3 heterocycles. The molecule has 25 heavy (non-hydrogen) atoms. The van der Waals surface area contributed by atoms with Crippen molar-refractivity contribution in [1.29, 1.82) is 0 Å². The number of fused-ring (bicyclic) bond motifs is 1. The monoisotopic (exact) mass is 357 g/mol. The SMILES string of the molecule is NCC1(C(=O)NCc2nnc3ccc(C(F)(F)F)cn23)CCOCC1. The number of nitrogens with two attached hydrogens (primary N) is 1. The average Bonchev–Trinajstić information content (AvgIpc) is 3.01. The maximum absolute atomic E-state index is 12.9. The Bertz CT molecular complexity index is 768. The summed E-state index contributed by atoms with van der Waals surface area (Å²) < 4.78 is 45.1. The van der Waals surface area contributed by atoms with Gasteiger partial charge in [0.2, 0.25) is 5.91 Å². The van der Waals surface area contributed by atoms with Crippen LogP contribution in [-0.4, -0.2) is 40.3 Å². The molecule has 0 atom stereocenters. The molecule has 1 fully saturated rings. The molecule has 10 heteroatoms. The Morgan fingerprint density at radius 3 is 2.68 bits per heavy atom. The number of carbonyl (C=O) groups excluding carboxylic acids is 1. The third-order valence-electron chi connectivity index (χ3n) is 4.53. The molecule has 1 saturated heterocycles. The molecule has 0 unspecified atom stereocenters. The summed E-state index contributed by atoms with van der Waals surface area (Å²) in [5.41, 5.74) is 4.52. The number of alkyl halides is 3. The van der Waals surface area contributed by atoms with Crippen molar-refractivity contribution in [3.8, 4) is 0 Å². The second kappa shape index (κ2) is 6.60. The van der Waals surface area contributed by atoms with Crippen molar-refractivity contribution in [1.82, 2.24) is 19.9 Å². The van der Waals surface area contributed by atoms with E-state index < -0.39 is 17.2 Å². The highest BCUT2D eigenvalue weighted by molar-refractivity contribution is 5.83. The lowest BCUT2D eigenvalue weighted by Gasteiger charge is -2.34. The average molecular weight is 357 g/mol. The van der Waals surface area contributed by atoms with E-state index in [-0.39, 0.29) is 30.5 Å². The zero-order chi connectivity index (χ0) is 18.1. The summed E-state index contributed by atoms with van der Waals surface area (Å²) in [4.78, 5) is 12.5. The highest BCUT2D eigenvalue weighted by Crippen LogP contribution is 2.30. The topological polar surface area (TPSA) is 94.5 Å². The predicted octanol–water partition coefficient (Wildman–Crippen LogP) is 1.12. The fraction of sp³-hybridized carbons (Fsp3) is 0.533. The number of nitrogens with one attached hydrogen (secondary N) is 1. The summed E-state index contributed by atoms with van der Waals surface area (Å²) >= 11 is 0. The third-order valence-corrected chi connectivity index (χ3v) is 4.53. The Labute approximate surface area is 141 Å². The van der Waals surface area contributed by atoms with Crippen molar-refractivity contribution >= 4 is 11.6 Å². The number of pyridine rings is 1. The Morgan fingerprint density at radius 1 is 1.32 bits per heavy atom. The summed E-state index contributed by atoms with van der Waals surface area (Å²) in [5, 5.41) is 10.4. The lowest BCUT2D eigenvalue weighted by molar-refractivity contribution is -0.138. The summed E-state index contributed by atoms with van der Waals surface area (Å²) in [6, 6.07) is 2.18. The molecule has 0 saturated carbocycles. The molecule has 0 aromatic carbocycles. The van der Waals surface area contributed by atoms with Crippen LogP contribution in [0.5, 0.6) is 0 Å². The third kappa shape index (κ3) is 3.45. The van der Waals surface area contributed by atoms with Gasteiger partial charge >= 0.3 is 6.18 Å². The number of aromatic nitrogens is 3. The number of nitrogens with zero attached hydrogens (tertiary/aromatic N) is 3. The van der Waals surface area contributed by atoms with Gasteiger partial charge in [-0.1, -0.05) is 0 Å². The Morgan fingerprint density at radius 2 is 2.04 bits per heavy atom. The van der Waals surface area contributed by atoms with E-state index in [2.05, 4.69) is 15.5 Å². The van der Waals surface area contributed by atoms with E-state index in [1.807, 2.05) is 0 Å². The van der Waals surface area contributed by atoms with Gasteiger partial charge in [0.15, 0.2) is 11.5 Å². The Hall–Kier alpha value is -2.20. The zero-order valence-electron chi connectivity index (χ0n) is 13.3. The van der Waals surface area contributed by atoms with E-state index >= 15 is 0 Å². The molecular formula is C15H18F3N5O2. The van der Waals surface area contributed by atoms with Crippen molar-refractivity contribution < 1.29 is 22.7 Å². The molecule has 1 aliphatic rings. The predicted molar refractivity (Wildman–Crippen MR) is 81.4 cm³/mol. The first-order valence-electron chi connectivity index (χ1n) is 7.83. The molecule has 1 aliphatic heterocycles. The highest BCUT2D eigenvalue weighted by atomic mass is 19.4. The molecule has 0 spiro atoms. The molecule has 7 nitrogen and oxygen atoms in total.